The molecule has 1 aromatic carbocycles. The van der Waals surface area contributed by atoms with Crippen LogP contribution in [0.2, 0.25) is 0 Å². The van der Waals surface area contributed by atoms with Gasteiger partial charge in [-0.1, -0.05) is 30.3 Å². The first-order chi connectivity index (χ1) is 16.2. The zero-order valence-corrected chi connectivity index (χ0v) is 18.5. The van der Waals surface area contributed by atoms with Crippen molar-refractivity contribution >= 4 is 22.6 Å². The lowest BCUT2D eigenvalue weighted by atomic mass is 10.1. The Morgan fingerprint density at radius 2 is 1.88 bits per heavy atom. The van der Waals surface area contributed by atoms with E-state index in [4.69, 9.17) is 4.74 Å². The number of carbonyl (C=O) groups excluding carboxylic acids is 1. The summed E-state index contributed by atoms with van der Waals surface area (Å²) in [5.41, 5.74) is 4.83. The van der Waals surface area contributed by atoms with E-state index in [1.165, 1.54) is 5.56 Å². The number of pyridine rings is 1. The molecule has 4 aromatic rings. The van der Waals surface area contributed by atoms with Crippen molar-refractivity contribution in [2.45, 2.75) is 19.4 Å². The molecule has 168 valence electrons. The van der Waals surface area contributed by atoms with Crippen LogP contribution >= 0.6 is 0 Å². The normalized spacial score (nSPS) is 14.9. The molecule has 1 aliphatic heterocycles. The summed E-state index contributed by atoms with van der Waals surface area (Å²) in [6.07, 6.45) is 7.91. The first-order valence-corrected chi connectivity index (χ1v) is 11.1. The van der Waals surface area contributed by atoms with E-state index in [-0.39, 0.29) is 17.8 Å². The zero-order valence-electron chi connectivity index (χ0n) is 18.5. The number of benzene rings is 1. The number of anilines is 1. The summed E-state index contributed by atoms with van der Waals surface area (Å²) < 4.78 is 5.45. The minimum absolute atomic E-state index is 0.0264. The van der Waals surface area contributed by atoms with Crippen LogP contribution in [0.15, 0.2) is 61.2 Å². The Labute approximate surface area is 192 Å². The lowest BCUT2D eigenvalue weighted by molar-refractivity contribution is 0.0929. The van der Waals surface area contributed by atoms with Gasteiger partial charge in [-0.25, -0.2) is 15.0 Å². The van der Waals surface area contributed by atoms with E-state index in [1.807, 2.05) is 37.5 Å². The van der Waals surface area contributed by atoms with Crippen molar-refractivity contribution < 1.29 is 9.53 Å². The maximum absolute atomic E-state index is 12.6. The Hall–Kier alpha value is -3.78. The van der Waals surface area contributed by atoms with E-state index in [0.717, 1.165) is 60.6 Å². The third-order valence-corrected chi connectivity index (χ3v) is 5.82. The van der Waals surface area contributed by atoms with Gasteiger partial charge in [0.15, 0.2) is 0 Å². The number of aromatic amines is 1. The van der Waals surface area contributed by atoms with Crippen LogP contribution in [0.5, 0.6) is 0 Å². The van der Waals surface area contributed by atoms with Crippen LogP contribution in [0, 0.1) is 0 Å². The number of aromatic nitrogens is 4. The molecule has 1 unspecified atom stereocenters. The highest BCUT2D eigenvalue weighted by atomic mass is 16.5. The summed E-state index contributed by atoms with van der Waals surface area (Å²) in [5.74, 6) is -0.120. The molecule has 1 saturated heterocycles. The highest BCUT2D eigenvalue weighted by Gasteiger charge is 2.16. The summed E-state index contributed by atoms with van der Waals surface area (Å²) in [6, 6.07) is 12.2. The smallest absolute Gasteiger partial charge is 0.289 e. The van der Waals surface area contributed by atoms with Gasteiger partial charge in [0.05, 0.1) is 25.1 Å². The molecule has 1 atom stereocenters. The van der Waals surface area contributed by atoms with Gasteiger partial charge in [-0.15, -0.1) is 0 Å². The van der Waals surface area contributed by atoms with Crippen LogP contribution in [-0.2, 0) is 11.2 Å². The molecule has 2 N–H and O–H groups in total. The van der Waals surface area contributed by atoms with Gasteiger partial charge in [-0.3, -0.25) is 4.79 Å². The molecule has 0 aliphatic carbocycles. The molecule has 1 fully saturated rings. The van der Waals surface area contributed by atoms with Gasteiger partial charge < -0.3 is 19.9 Å². The first kappa shape index (κ1) is 21.1. The number of fused-ring (bicyclic) bond motifs is 1. The number of H-pyrrole nitrogens is 1. The Morgan fingerprint density at radius 3 is 2.64 bits per heavy atom. The Balaban J connectivity index is 1.31. The maximum atomic E-state index is 12.6. The van der Waals surface area contributed by atoms with Crippen LogP contribution in [0.1, 0.15) is 23.1 Å². The highest BCUT2D eigenvalue weighted by molar-refractivity contribution is 5.95. The van der Waals surface area contributed by atoms with Crippen LogP contribution in [0.3, 0.4) is 0 Å². The minimum Gasteiger partial charge on any atom is -0.378 e. The minimum atomic E-state index is -0.278. The number of rotatable bonds is 6. The molecule has 5 rings (SSSR count). The van der Waals surface area contributed by atoms with Crippen molar-refractivity contribution in [1.82, 2.24) is 25.3 Å². The highest BCUT2D eigenvalue weighted by Crippen LogP contribution is 2.30. The van der Waals surface area contributed by atoms with Crippen molar-refractivity contribution in [3.05, 3.63) is 72.6 Å². The van der Waals surface area contributed by atoms with Crippen LogP contribution in [0.25, 0.3) is 22.2 Å². The molecule has 1 amide bonds. The summed E-state index contributed by atoms with van der Waals surface area (Å²) >= 11 is 0. The average Bonchev–Trinajstić information content (AvgIpc) is 3.28. The monoisotopic (exact) mass is 442 g/mol. The van der Waals surface area contributed by atoms with E-state index in [0.29, 0.717) is 0 Å². The Bertz CT molecular complexity index is 1230. The number of ether oxygens (including phenoxy) is 1. The molecule has 0 saturated carbocycles. The van der Waals surface area contributed by atoms with E-state index >= 15 is 0 Å². The fourth-order valence-electron chi connectivity index (χ4n) is 4.12. The SMILES string of the molecule is CC(Cc1ccccc1)NC(=O)c1ncc(-c2c[nH]c3ncc(N4CCOCC4)cc23)cn1. The Kier molecular flexibility index (Phi) is 5.99. The molecular formula is C25H26N6O2. The third kappa shape index (κ3) is 4.70. The molecule has 0 radical (unpaired) electrons. The van der Waals surface area contributed by atoms with Gasteiger partial charge in [0.25, 0.3) is 5.91 Å². The fourth-order valence-corrected chi connectivity index (χ4v) is 4.12. The van der Waals surface area contributed by atoms with Crippen LogP contribution in [0.4, 0.5) is 5.69 Å². The van der Waals surface area contributed by atoms with Gasteiger partial charge in [-0.05, 0) is 25.0 Å². The topological polar surface area (TPSA) is 96.0 Å². The van der Waals surface area contributed by atoms with Gasteiger partial charge in [0.1, 0.15) is 5.65 Å². The molecule has 3 aromatic heterocycles. The number of carbonyl (C=O) groups is 1. The number of hydrogen-bond acceptors (Lipinski definition) is 6. The van der Waals surface area contributed by atoms with Gasteiger partial charge in [-0.2, -0.15) is 0 Å². The number of nitrogens with one attached hydrogen (secondary N) is 2. The predicted molar refractivity (Wildman–Crippen MR) is 127 cm³/mol. The summed E-state index contributed by atoms with van der Waals surface area (Å²) in [4.78, 5) is 31.3. The molecule has 33 heavy (non-hydrogen) atoms. The number of amides is 1. The average molecular weight is 443 g/mol. The largest absolute Gasteiger partial charge is 0.378 e. The fraction of sp³-hybridized carbons (Fsp3) is 0.280. The molecule has 8 nitrogen and oxygen atoms in total. The standard InChI is InChI=1S/C25H26N6O2/c1-17(11-18-5-3-2-4-6-18)30-25(32)24-26-13-19(14-27-24)22-16-29-23-21(22)12-20(15-28-23)31-7-9-33-10-8-31/h2-6,12-17H,7-11H2,1H3,(H,28,29)(H,30,32). The van der Waals surface area contributed by atoms with Crippen molar-refractivity contribution in [3.8, 4) is 11.1 Å². The second kappa shape index (κ2) is 9.38. The van der Waals surface area contributed by atoms with Gasteiger partial charge in [0, 0.05) is 54.2 Å². The molecular weight excluding hydrogens is 416 g/mol. The second-order valence-corrected chi connectivity index (χ2v) is 8.25. The number of hydrogen-bond donors (Lipinski definition) is 2. The summed E-state index contributed by atoms with van der Waals surface area (Å²) in [7, 11) is 0. The third-order valence-electron chi connectivity index (χ3n) is 5.82. The van der Waals surface area contributed by atoms with E-state index < -0.39 is 0 Å². The lowest BCUT2D eigenvalue weighted by Crippen LogP contribution is -2.36. The molecule has 4 heterocycles. The van der Waals surface area contributed by atoms with Gasteiger partial charge in [0.2, 0.25) is 5.82 Å². The quantitative estimate of drug-likeness (QED) is 0.476. The predicted octanol–water partition coefficient (Wildman–Crippen LogP) is 3.22. The van der Waals surface area contributed by atoms with Crippen molar-refractivity contribution in [3.63, 3.8) is 0 Å². The van der Waals surface area contributed by atoms with Crippen LogP contribution in [-0.4, -0.2) is 58.2 Å². The summed E-state index contributed by atoms with van der Waals surface area (Å²) in [5, 5.41) is 3.97. The zero-order chi connectivity index (χ0) is 22.6. The van der Waals surface area contributed by atoms with E-state index in [2.05, 4.69) is 48.4 Å². The first-order valence-electron chi connectivity index (χ1n) is 11.1. The van der Waals surface area contributed by atoms with Crippen molar-refractivity contribution in [2.24, 2.45) is 0 Å². The number of morpholine rings is 1. The molecule has 0 spiro atoms. The lowest BCUT2D eigenvalue weighted by Gasteiger charge is -2.28. The maximum Gasteiger partial charge on any atom is 0.289 e. The van der Waals surface area contributed by atoms with E-state index in [9.17, 15) is 4.79 Å². The molecule has 1 aliphatic rings. The number of nitrogens with zero attached hydrogens (tertiary/aromatic N) is 4. The van der Waals surface area contributed by atoms with Crippen LogP contribution < -0.4 is 10.2 Å². The van der Waals surface area contributed by atoms with Gasteiger partial charge >= 0.3 is 0 Å². The van der Waals surface area contributed by atoms with Crippen molar-refractivity contribution in [2.75, 3.05) is 31.2 Å². The molecule has 8 heteroatoms. The Morgan fingerprint density at radius 1 is 1.12 bits per heavy atom. The molecule has 0 bridgehead atoms. The summed E-state index contributed by atoms with van der Waals surface area (Å²) in [6.45, 7) is 5.12. The van der Waals surface area contributed by atoms with Crippen molar-refractivity contribution in [1.29, 1.82) is 0 Å². The van der Waals surface area contributed by atoms with E-state index in [1.54, 1.807) is 12.4 Å². The second-order valence-electron chi connectivity index (χ2n) is 8.25.